The molecule has 6 heteroatoms. The van der Waals surface area contributed by atoms with Gasteiger partial charge in [0.25, 0.3) is 0 Å². The molecule has 0 unspecified atom stereocenters. The highest BCUT2D eigenvalue weighted by molar-refractivity contribution is 5.81. The molecular weight excluding hydrogens is 252 g/mol. The highest BCUT2D eigenvalue weighted by Gasteiger charge is 2.28. The van der Waals surface area contributed by atoms with Gasteiger partial charge in [-0.1, -0.05) is 6.58 Å². The first-order valence-electron chi connectivity index (χ1n) is 6.16. The predicted octanol–water partition coefficient (Wildman–Crippen LogP) is 1.34. The number of carbonyl (C=O) groups is 3. The molecule has 6 nitrogen and oxygen atoms in total. The van der Waals surface area contributed by atoms with E-state index in [9.17, 15) is 14.4 Å². The summed E-state index contributed by atoms with van der Waals surface area (Å²) in [5, 5.41) is 0. The van der Waals surface area contributed by atoms with Gasteiger partial charge in [-0.15, -0.1) is 0 Å². The van der Waals surface area contributed by atoms with E-state index in [2.05, 4.69) is 11.3 Å². The molecule has 0 saturated heterocycles. The molecule has 0 atom stereocenters. The van der Waals surface area contributed by atoms with Crippen LogP contribution in [0, 0.1) is 5.92 Å². The molecule has 0 bridgehead atoms. The van der Waals surface area contributed by atoms with Gasteiger partial charge in [0.05, 0.1) is 5.92 Å². The van der Waals surface area contributed by atoms with Gasteiger partial charge in [0.15, 0.2) is 0 Å². The van der Waals surface area contributed by atoms with E-state index in [0.717, 1.165) is 6.08 Å². The average molecular weight is 270 g/mol. The lowest BCUT2D eigenvalue weighted by molar-refractivity contribution is -0.168. The van der Waals surface area contributed by atoms with Gasteiger partial charge in [-0.3, -0.25) is 9.59 Å². The summed E-state index contributed by atoms with van der Waals surface area (Å²) in [6.45, 7) is 4.20. The summed E-state index contributed by atoms with van der Waals surface area (Å²) >= 11 is 0. The van der Waals surface area contributed by atoms with Gasteiger partial charge in [-0.05, 0) is 25.7 Å². The quantitative estimate of drug-likeness (QED) is 0.426. The maximum Gasteiger partial charge on any atom is 0.333 e. The van der Waals surface area contributed by atoms with Crippen LogP contribution in [0.4, 0.5) is 0 Å². The zero-order valence-electron chi connectivity index (χ0n) is 10.9. The SMILES string of the molecule is C=CC(=O)OCOC(=O)[C@H]1CC[C@H](OC(C)=O)CC1. The highest BCUT2D eigenvalue weighted by atomic mass is 16.7. The Morgan fingerprint density at radius 1 is 1.16 bits per heavy atom. The van der Waals surface area contributed by atoms with Gasteiger partial charge in [-0.2, -0.15) is 0 Å². The van der Waals surface area contributed by atoms with Crippen molar-refractivity contribution in [3.05, 3.63) is 12.7 Å². The lowest BCUT2D eigenvalue weighted by Crippen LogP contribution is -2.29. The second kappa shape index (κ2) is 7.56. The fourth-order valence-corrected chi connectivity index (χ4v) is 1.97. The number of hydrogen-bond donors (Lipinski definition) is 0. The summed E-state index contributed by atoms with van der Waals surface area (Å²) in [4.78, 5) is 33.2. The Labute approximate surface area is 111 Å². The number of hydrogen-bond acceptors (Lipinski definition) is 6. The van der Waals surface area contributed by atoms with Crippen molar-refractivity contribution in [2.75, 3.05) is 6.79 Å². The summed E-state index contributed by atoms with van der Waals surface area (Å²) in [6.07, 6.45) is 3.38. The number of rotatable bonds is 5. The number of esters is 3. The van der Waals surface area contributed by atoms with Crippen molar-refractivity contribution in [2.24, 2.45) is 5.92 Å². The van der Waals surface area contributed by atoms with E-state index in [1.807, 2.05) is 0 Å². The van der Waals surface area contributed by atoms with Crippen LogP contribution in [0.25, 0.3) is 0 Å². The zero-order chi connectivity index (χ0) is 14.3. The second-order valence-electron chi connectivity index (χ2n) is 4.33. The van der Waals surface area contributed by atoms with E-state index in [4.69, 9.17) is 9.47 Å². The monoisotopic (exact) mass is 270 g/mol. The largest absolute Gasteiger partial charge is 0.463 e. The topological polar surface area (TPSA) is 78.9 Å². The first kappa shape index (κ1) is 15.2. The van der Waals surface area contributed by atoms with Crippen LogP contribution in [0.1, 0.15) is 32.6 Å². The Bertz CT molecular complexity index is 354. The third-order valence-corrected chi connectivity index (χ3v) is 2.91. The van der Waals surface area contributed by atoms with Crippen LogP contribution in [0.5, 0.6) is 0 Å². The summed E-state index contributed by atoms with van der Waals surface area (Å²) < 4.78 is 14.5. The minimum atomic E-state index is -0.633. The van der Waals surface area contributed by atoms with Gasteiger partial charge in [0.1, 0.15) is 6.10 Å². The van der Waals surface area contributed by atoms with Crippen LogP contribution in [-0.4, -0.2) is 30.8 Å². The van der Waals surface area contributed by atoms with Crippen LogP contribution >= 0.6 is 0 Å². The molecule has 0 radical (unpaired) electrons. The molecule has 0 amide bonds. The maximum atomic E-state index is 11.6. The van der Waals surface area contributed by atoms with Gasteiger partial charge in [0.2, 0.25) is 6.79 Å². The maximum absolute atomic E-state index is 11.6. The summed E-state index contributed by atoms with van der Waals surface area (Å²) in [5.41, 5.74) is 0. The van der Waals surface area contributed by atoms with Crippen molar-refractivity contribution in [1.82, 2.24) is 0 Å². The van der Waals surface area contributed by atoms with Crippen LogP contribution in [0.2, 0.25) is 0 Å². The molecule has 1 aliphatic carbocycles. The fourth-order valence-electron chi connectivity index (χ4n) is 1.97. The van der Waals surface area contributed by atoms with Gasteiger partial charge < -0.3 is 14.2 Å². The lowest BCUT2D eigenvalue weighted by atomic mass is 9.87. The molecule has 106 valence electrons. The standard InChI is InChI=1S/C13H18O6/c1-3-12(15)17-8-18-13(16)10-4-6-11(7-5-10)19-9(2)14/h3,10-11H,1,4-8H2,2H3/t10-,11-. The summed E-state index contributed by atoms with van der Waals surface area (Å²) in [7, 11) is 0. The van der Waals surface area contributed by atoms with Crippen LogP contribution in [0.15, 0.2) is 12.7 Å². The Morgan fingerprint density at radius 2 is 1.79 bits per heavy atom. The zero-order valence-corrected chi connectivity index (χ0v) is 10.9. The molecule has 0 spiro atoms. The normalized spacial score (nSPS) is 22.2. The summed E-state index contributed by atoms with van der Waals surface area (Å²) in [6, 6.07) is 0. The minimum Gasteiger partial charge on any atom is -0.463 e. The van der Waals surface area contributed by atoms with Crippen LogP contribution < -0.4 is 0 Å². The highest BCUT2D eigenvalue weighted by Crippen LogP contribution is 2.27. The fraction of sp³-hybridized carbons (Fsp3) is 0.615. The molecule has 0 aromatic rings. The van der Waals surface area contributed by atoms with Gasteiger partial charge in [0, 0.05) is 13.0 Å². The molecule has 0 aromatic carbocycles. The molecule has 0 aliphatic heterocycles. The van der Waals surface area contributed by atoms with E-state index in [1.165, 1.54) is 6.92 Å². The average Bonchev–Trinajstić information content (AvgIpc) is 2.38. The number of ether oxygens (including phenoxy) is 3. The minimum absolute atomic E-state index is 0.111. The third-order valence-electron chi connectivity index (χ3n) is 2.91. The smallest absolute Gasteiger partial charge is 0.333 e. The van der Waals surface area contributed by atoms with E-state index in [-0.39, 0.29) is 18.0 Å². The molecule has 1 rings (SSSR count). The Hall–Kier alpha value is -1.85. The van der Waals surface area contributed by atoms with E-state index in [0.29, 0.717) is 25.7 Å². The van der Waals surface area contributed by atoms with Gasteiger partial charge >= 0.3 is 17.9 Å². The second-order valence-corrected chi connectivity index (χ2v) is 4.33. The Kier molecular flexibility index (Phi) is 6.05. The van der Waals surface area contributed by atoms with E-state index >= 15 is 0 Å². The first-order chi connectivity index (χ1) is 9.02. The lowest BCUT2D eigenvalue weighted by Gasteiger charge is -2.26. The van der Waals surface area contributed by atoms with Crippen molar-refractivity contribution in [3.8, 4) is 0 Å². The molecule has 0 aromatic heterocycles. The molecule has 0 heterocycles. The Morgan fingerprint density at radius 3 is 2.32 bits per heavy atom. The Balaban J connectivity index is 2.23. The van der Waals surface area contributed by atoms with E-state index < -0.39 is 18.7 Å². The molecule has 19 heavy (non-hydrogen) atoms. The van der Waals surface area contributed by atoms with E-state index in [1.54, 1.807) is 0 Å². The van der Waals surface area contributed by atoms with Crippen molar-refractivity contribution in [2.45, 2.75) is 38.7 Å². The van der Waals surface area contributed by atoms with Crippen molar-refractivity contribution >= 4 is 17.9 Å². The van der Waals surface area contributed by atoms with Crippen molar-refractivity contribution < 1.29 is 28.6 Å². The molecular formula is C13H18O6. The first-order valence-corrected chi connectivity index (χ1v) is 6.16. The summed E-state index contributed by atoms with van der Waals surface area (Å²) in [5.74, 6) is -1.55. The molecule has 1 aliphatic rings. The predicted molar refractivity (Wildman–Crippen MR) is 64.8 cm³/mol. The van der Waals surface area contributed by atoms with Gasteiger partial charge in [-0.25, -0.2) is 4.79 Å². The van der Waals surface area contributed by atoms with Crippen molar-refractivity contribution in [3.63, 3.8) is 0 Å². The number of carbonyl (C=O) groups excluding carboxylic acids is 3. The molecule has 0 N–H and O–H groups in total. The third kappa shape index (κ3) is 5.54. The molecule has 1 fully saturated rings. The van der Waals surface area contributed by atoms with Crippen molar-refractivity contribution in [1.29, 1.82) is 0 Å². The van der Waals surface area contributed by atoms with Crippen LogP contribution in [0.3, 0.4) is 0 Å². The van der Waals surface area contributed by atoms with Crippen LogP contribution in [-0.2, 0) is 28.6 Å². The molecule has 1 saturated carbocycles.